The first kappa shape index (κ1) is 10.5. The van der Waals surface area contributed by atoms with Crippen LogP contribution in [0.4, 0.5) is 0 Å². The second-order valence-corrected chi connectivity index (χ2v) is 3.49. The highest BCUT2D eigenvalue weighted by Crippen LogP contribution is 2.35. The molecule has 3 rings (SSSR count). The molecule has 2 heteroatoms. The van der Waals surface area contributed by atoms with Crippen LogP contribution in [0, 0.1) is 0 Å². The van der Waals surface area contributed by atoms with Crippen molar-refractivity contribution in [1.29, 1.82) is 0 Å². The lowest BCUT2D eigenvalue weighted by Gasteiger charge is -1.98. The second kappa shape index (κ2) is 4.64. The van der Waals surface area contributed by atoms with Crippen LogP contribution in [0.5, 0.6) is 0 Å². The summed E-state index contributed by atoms with van der Waals surface area (Å²) in [5.41, 5.74) is 5.75. The predicted octanol–water partition coefficient (Wildman–Crippen LogP) is 3.57. The second-order valence-electron chi connectivity index (χ2n) is 3.49. The number of halogens is 1. The lowest BCUT2D eigenvalue weighted by molar-refractivity contribution is 1.26. The molecule has 15 heavy (non-hydrogen) atoms. The SMILES string of the molecule is [Si]Cl.c1ccc2c(c1)Cc1ccccc1-2. The maximum atomic E-state index is 4.44. The van der Waals surface area contributed by atoms with Gasteiger partial charge in [-0.05, 0) is 28.7 Å². The highest BCUT2D eigenvalue weighted by atomic mass is 35.6. The molecule has 0 amide bonds. The van der Waals surface area contributed by atoms with Crippen molar-refractivity contribution in [2.45, 2.75) is 6.42 Å². The van der Waals surface area contributed by atoms with E-state index >= 15 is 0 Å². The van der Waals surface area contributed by atoms with Gasteiger partial charge < -0.3 is 0 Å². The van der Waals surface area contributed by atoms with E-state index in [1.807, 2.05) is 0 Å². The van der Waals surface area contributed by atoms with Crippen LogP contribution in [0.25, 0.3) is 11.1 Å². The standard InChI is InChI=1S/C13H10.ClSi/c1-3-7-12-10(5-1)9-11-6-2-4-8-13(11)12;1-2/h1-8H,9H2;. The van der Waals surface area contributed by atoms with Gasteiger partial charge in [-0.15, -0.1) is 0 Å². The van der Waals surface area contributed by atoms with Gasteiger partial charge in [-0.1, -0.05) is 48.5 Å². The van der Waals surface area contributed by atoms with Gasteiger partial charge in [0.1, 0.15) is 0 Å². The monoisotopic (exact) mass is 229 g/mol. The maximum Gasteiger partial charge on any atom is 0.174 e. The fourth-order valence-corrected chi connectivity index (χ4v) is 2.08. The molecule has 0 aromatic heterocycles. The van der Waals surface area contributed by atoms with Crippen LogP contribution in [0.3, 0.4) is 0 Å². The van der Waals surface area contributed by atoms with Crippen molar-refractivity contribution in [3.8, 4) is 11.1 Å². The number of benzene rings is 2. The number of hydrogen-bond acceptors (Lipinski definition) is 0. The molecule has 1 aliphatic carbocycles. The fraction of sp³-hybridized carbons (Fsp3) is 0.0769. The smallest absolute Gasteiger partial charge is 0.174 e. The van der Waals surface area contributed by atoms with E-state index in [9.17, 15) is 0 Å². The first-order valence-corrected chi connectivity index (χ1v) is 6.31. The molecule has 0 atom stereocenters. The minimum absolute atomic E-state index is 1.10. The van der Waals surface area contributed by atoms with E-state index in [1.54, 1.807) is 0 Å². The Labute approximate surface area is 98.0 Å². The van der Waals surface area contributed by atoms with Crippen molar-refractivity contribution < 1.29 is 0 Å². The Morgan fingerprint density at radius 1 is 0.733 bits per heavy atom. The van der Waals surface area contributed by atoms with Crippen molar-refractivity contribution in [1.82, 2.24) is 0 Å². The molecular formula is C13H10ClSi. The molecule has 0 unspecified atom stereocenters. The van der Waals surface area contributed by atoms with E-state index in [1.165, 1.54) is 22.3 Å². The Hall–Kier alpha value is -1.05. The van der Waals surface area contributed by atoms with Crippen LogP contribution in [0.2, 0.25) is 0 Å². The first-order chi connectivity index (χ1) is 7.45. The normalized spacial score (nSPS) is 11.1. The number of hydrogen-bond donors (Lipinski definition) is 0. The van der Waals surface area contributed by atoms with Crippen LogP contribution in [0.15, 0.2) is 48.5 Å². The van der Waals surface area contributed by atoms with Crippen LogP contribution in [-0.4, -0.2) is 9.55 Å². The molecule has 3 radical (unpaired) electrons. The van der Waals surface area contributed by atoms with E-state index in [4.69, 9.17) is 0 Å². The Balaban J connectivity index is 0.000000404. The molecular weight excluding hydrogens is 220 g/mol. The van der Waals surface area contributed by atoms with Gasteiger partial charge in [0.25, 0.3) is 0 Å². The lowest BCUT2D eigenvalue weighted by Crippen LogP contribution is -1.77. The Morgan fingerprint density at radius 2 is 1.13 bits per heavy atom. The molecule has 0 spiro atoms. The Bertz CT molecular complexity index is 422. The summed E-state index contributed by atoms with van der Waals surface area (Å²) in [5, 5.41) is 0. The summed E-state index contributed by atoms with van der Waals surface area (Å²) in [6.45, 7) is 0. The van der Waals surface area contributed by atoms with Crippen molar-refractivity contribution in [3.05, 3.63) is 59.7 Å². The van der Waals surface area contributed by atoms with Crippen molar-refractivity contribution in [3.63, 3.8) is 0 Å². The zero-order valence-corrected chi connectivity index (χ0v) is 9.96. The van der Waals surface area contributed by atoms with Gasteiger partial charge >= 0.3 is 0 Å². The van der Waals surface area contributed by atoms with Gasteiger partial charge in [-0.2, -0.15) is 11.1 Å². The molecule has 0 aliphatic heterocycles. The summed E-state index contributed by atoms with van der Waals surface area (Å²) in [7, 11) is 2.44. The van der Waals surface area contributed by atoms with Crippen LogP contribution in [0.1, 0.15) is 11.1 Å². The average molecular weight is 230 g/mol. The zero-order valence-electron chi connectivity index (χ0n) is 8.20. The summed E-state index contributed by atoms with van der Waals surface area (Å²) < 4.78 is 0. The molecule has 0 nitrogen and oxygen atoms in total. The summed E-state index contributed by atoms with van der Waals surface area (Å²) in [4.78, 5) is 0. The van der Waals surface area contributed by atoms with Gasteiger partial charge in [0, 0.05) is 0 Å². The maximum absolute atomic E-state index is 4.44. The molecule has 0 bridgehead atoms. The molecule has 0 fully saturated rings. The van der Waals surface area contributed by atoms with E-state index in [2.05, 4.69) is 69.2 Å². The molecule has 0 saturated heterocycles. The highest BCUT2D eigenvalue weighted by Gasteiger charge is 2.15. The molecule has 0 saturated carbocycles. The van der Waals surface area contributed by atoms with Gasteiger partial charge in [-0.25, -0.2) is 0 Å². The van der Waals surface area contributed by atoms with Crippen molar-refractivity contribution in [2.75, 3.05) is 0 Å². The lowest BCUT2D eigenvalue weighted by atomic mass is 10.1. The van der Waals surface area contributed by atoms with E-state index in [0.717, 1.165) is 6.42 Å². The topological polar surface area (TPSA) is 0 Å². The number of fused-ring (bicyclic) bond motifs is 3. The quantitative estimate of drug-likeness (QED) is 0.409. The predicted molar refractivity (Wildman–Crippen MR) is 66.3 cm³/mol. The summed E-state index contributed by atoms with van der Waals surface area (Å²) in [6, 6.07) is 17.3. The van der Waals surface area contributed by atoms with Crippen LogP contribution >= 0.6 is 11.1 Å². The molecule has 1 aliphatic rings. The zero-order chi connectivity index (χ0) is 10.7. The van der Waals surface area contributed by atoms with E-state index in [0.29, 0.717) is 0 Å². The molecule has 0 N–H and O–H groups in total. The summed E-state index contributed by atoms with van der Waals surface area (Å²) >= 11 is 4.44. The van der Waals surface area contributed by atoms with E-state index < -0.39 is 0 Å². The third-order valence-corrected chi connectivity index (χ3v) is 2.71. The van der Waals surface area contributed by atoms with Crippen molar-refractivity contribution >= 4 is 20.6 Å². The third-order valence-electron chi connectivity index (χ3n) is 2.71. The van der Waals surface area contributed by atoms with Crippen molar-refractivity contribution in [2.24, 2.45) is 0 Å². The summed E-state index contributed by atoms with van der Waals surface area (Å²) in [5.74, 6) is 0. The minimum atomic E-state index is 1.10. The molecule has 2 aromatic rings. The molecule has 0 heterocycles. The fourth-order valence-electron chi connectivity index (χ4n) is 2.08. The van der Waals surface area contributed by atoms with Gasteiger partial charge in [-0.3, -0.25) is 0 Å². The Morgan fingerprint density at radius 3 is 1.60 bits per heavy atom. The average Bonchev–Trinajstić information content (AvgIpc) is 2.70. The molecule has 73 valence electrons. The number of rotatable bonds is 0. The minimum Gasteiger partial charge on any atom is -0.174 e. The van der Waals surface area contributed by atoms with Crippen LogP contribution < -0.4 is 0 Å². The van der Waals surface area contributed by atoms with Gasteiger partial charge in [0.05, 0.1) is 0 Å². The summed E-state index contributed by atoms with van der Waals surface area (Å²) in [6.07, 6.45) is 1.10. The van der Waals surface area contributed by atoms with Gasteiger partial charge in [0.2, 0.25) is 0 Å². The largest absolute Gasteiger partial charge is 0.174 e. The van der Waals surface area contributed by atoms with Crippen LogP contribution in [-0.2, 0) is 6.42 Å². The van der Waals surface area contributed by atoms with Gasteiger partial charge in [0.15, 0.2) is 9.55 Å². The first-order valence-electron chi connectivity index (χ1n) is 4.80. The van der Waals surface area contributed by atoms with E-state index in [-0.39, 0.29) is 0 Å². The molecule has 2 aromatic carbocycles. The Kier molecular flexibility index (Phi) is 3.24. The highest BCUT2D eigenvalue weighted by molar-refractivity contribution is 6.80. The third kappa shape index (κ3) is 1.85.